The van der Waals surface area contributed by atoms with Gasteiger partial charge in [-0.25, -0.2) is 4.99 Å². The molecule has 40 heavy (non-hydrogen) atoms. The van der Waals surface area contributed by atoms with Gasteiger partial charge in [0.25, 0.3) is 11.5 Å². The first-order valence-electron chi connectivity index (χ1n) is 12.0. The minimum Gasteiger partial charge on any atom is -0.506 e. The minimum atomic E-state index is -0.826. The lowest BCUT2D eigenvalue weighted by molar-refractivity contribution is -0.113. The Morgan fingerprint density at radius 3 is 2.55 bits per heavy atom. The van der Waals surface area contributed by atoms with Crippen molar-refractivity contribution in [2.45, 2.75) is 13.0 Å². The summed E-state index contributed by atoms with van der Waals surface area (Å²) >= 11 is 5.43. The highest BCUT2D eigenvalue weighted by Gasteiger charge is 2.34. The number of carbonyl (C=O) groups excluding carboxylic acids is 1. The predicted octanol–water partition coefficient (Wildman–Crippen LogP) is 4.81. The molecule has 0 fully saturated rings. The van der Waals surface area contributed by atoms with E-state index in [-0.39, 0.29) is 17.2 Å². The molecule has 1 aliphatic rings. The second-order valence-corrected chi connectivity index (χ2v) is 12.3. The van der Waals surface area contributed by atoms with Gasteiger partial charge >= 0.3 is 0 Å². The number of ether oxygens (including phenoxy) is 2. The molecule has 0 bridgehead atoms. The van der Waals surface area contributed by atoms with Crippen LogP contribution < -0.4 is 29.7 Å². The van der Waals surface area contributed by atoms with Crippen LogP contribution in [0.1, 0.15) is 24.1 Å². The summed E-state index contributed by atoms with van der Waals surface area (Å²) in [5.74, 6) is 0.755. The number of aromatic hydroxyl groups is 1. The molecule has 1 aliphatic heterocycles. The third-order valence-electron chi connectivity index (χ3n) is 6.38. The average Bonchev–Trinajstić information content (AvgIpc) is 3.24. The number of hydrogen-bond acceptors (Lipinski definition) is 7. The van der Waals surface area contributed by atoms with E-state index in [9.17, 15) is 14.7 Å². The van der Waals surface area contributed by atoms with Crippen LogP contribution in [0.5, 0.6) is 17.2 Å². The smallest absolute Gasteiger partial charge is 0.271 e. The van der Waals surface area contributed by atoms with Crippen molar-refractivity contribution in [3.05, 3.63) is 110 Å². The normalized spacial score (nSPS) is 14.9. The summed E-state index contributed by atoms with van der Waals surface area (Å²) in [6.07, 6.45) is 1.66. The van der Waals surface area contributed by atoms with Gasteiger partial charge in [-0.3, -0.25) is 14.2 Å². The maximum absolute atomic E-state index is 14.0. The second kappa shape index (κ2) is 11.7. The van der Waals surface area contributed by atoms with Gasteiger partial charge in [-0.1, -0.05) is 29.5 Å². The monoisotopic (exact) mass is 779 g/mol. The molecule has 8 nitrogen and oxygen atoms in total. The number of carbonyl (C=O) groups is 1. The lowest BCUT2D eigenvalue weighted by Crippen LogP contribution is -2.40. The zero-order valence-corrected chi connectivity index (χ0v) is 26.7. The third kappa shape index (κ3) is 5.41. The number of anilines is 1. The maximum Gasteiger partial charge on any atom is 0.271 e. The van der Waals surface area contributed by atoms with Crippen LogP contribution in [0.3, 0.4) is 0 Å². The predicted molar refractivity (Wildman–Crippen MR) is 172 cm³/mol. The van der Waals surface area contributed by atoms with Gasteiger partial charge in [0.2, 0.25) is 0 Å². The Morgan fingerprint density at radius 2 is 1.85 bits per heavy atom. The van der Waals surface area contributed by atoms with Gasteiger partial charge in [0.05, 0.1) is 33.6 Å². The second-order valence-electron chi connectivity index (χ2n) is 8.84. The Kier molecular flexibility index (Phi) is 8.33. The van der Waals surface area contributed by atoms with E-state index in [2.05, 4.69) is 55.5 Å². The number of nitrogens with one attached hydrogen (secondary N) is 1. The van der Waals surface area contributed by atoms with Crippen molar-refractivity contribution in [2.75, 3.05) is 19.5 Å². The topological polar surface area (TPSA) is 102 Å². The van der Waals surface area contributed by atoms with Crippen LogP contribution >= 0.6 is 56.5 Å². The summed E-state index contributed by atoms with van der Waals surface area (Å²) < 4.78 is 14.6. The molecule has 2 N–H and O–H groups in total. The lowest BCUT2D eigenvalue weighted by atomic mass is 9.94. The Morgan fingerprint density at radius 1 is 1.10 bits per heavy atom. The summed E-state index contributed by atoms with van der Waals surface area (Å²) in [6, 6.07) is 17.2. The number of rotatable bonds is 6. The number of fused-ring (bicyclic) bond motifs is 1. The molecule has 0 saturated heterocycles. The van der Waals surface area contributed by atoms with Gasteiger partial charge in [-0.05, 0) is 94.6 Å². The zero-order chi connectivity index (χ0) is 28.6. The van der Waals surface area contributed by atoms with E-state index >= 15 is 0 Å². The van der Waals surface area contributed by atoms with Crippen LogP contribution in [0.4, 0.5) is 5.69 Å². The number of methoxy groups -OCH3 is 2. The lowest BCUT2D eigenvalue weighted by Gasteiger charge is -2.26. The highest BCUT2D eigenvalue weighted by atomic mass is 127. The molecule has 0 saturated carbocycles. The number of phenols is 1. The highest BCUT2D eigenvalue weighted by molar-refractivity contribution is 14.1. The van der Waals surface area contributed by atoms with Gasteiger partial charge in [0.15, 0.2) is 4.80 Å². The Hall–Kier alpha value is -3.17. The molecule has 1 atom stereocenters. The van der Waals surface area contributed by atoms with E-state index in [4.69, 9.17) is 9.47 Å². The molecule has 0 aliphatic carbocycles. The van der Waals surface area contributed by atoms with E-state index in [1.165, 1.54) is 23.0 Å². The number of halogens is 2. The van der Waals surface area contributed by atoms with E-state index < -0.39 is 6.04 Å². The van der Waals surface area contributed by atoms with E-state index in [1.807, 2.05) is 30.3 Å². The van der Waals surface area contributed by atoms with Gasteiger partial charge < -0.3 is 19.9 Å². The fraction of sp³-hybridized carbons (Fsp3) is 0.138. The van der Waals surface area contributed by atoms with Crippen LogP contribution in [-0.2, 0) is 4.79 Å². The molecule has 3 aromatic carbocycles. The number of benzene rings is 3. The van der Waals surface area contributed by atoms with Crippen molar-refractivity contribution in [3.63, 3.8) is 0 Å². The Bertz CT molecular complexity index is 1850. The molecule has 0 radical (unpaired) electrons. The van der Waals surface area contributed by atoms with Gasteiger partial charge in [0, 0.05) is 26.5 Å². The number of thiazole rings is 1. The SMILES string of the molecule is COc1ccc([C@H]2C(C(=O)Nc3ccccc3)=C(C)N=c3s/c(=C\c4cc(I)cc(I)c4O)c(=O)n32)c(OC)c1. The van der Waals surface area contributed by atoms with Crippen molar-refractivity contribution < 1.29 is 19.4 Å². The summed E-state index contributed by atoms with van der Waals surface area (Å²) in [5, 5.41) is 13.6. The van der Waals surface area contributed by atoms with Gasteiger partial charge in [-0.15, -0.1) is 0 Å². The van der Waals surface area contributed by atoms with Crippen LogP contribution in [0, 0.1) is 7.14 Å². The van der Waals surface area contributed by atoms with Crippen molar-refractivity contribution in [1.82, 2.24) is 4.57 Å². The Labute approximate surface area is 261 Å². The summed E-state index contributed by atoms with van der Waals surface area (Å²) in [6.45, 7) is 1.76. The first-order chi connectivity index (χ1) is 19.2. The number of aromatic nitrogens is 1. The molecule has 204 valence electrons. The van der Waals surface area contributed by atoms with E-state index in [0.29, 0.717) is 52.5 Å². The first kappa shape index (κ1) is 28.4. The standard InChI is InChI=1S/C29H23I2N3O5S/c1-15-24(27(36)33-18-7-5-4-6-8-18)25(20-10-9-19(38-2)14-22(20)39-3)34-28(37)23(40-29(34)32-15)12-16-11-17(30)13-21(31)26(16)35/h4-14,25,35H,1-3H3,(H,33,36)/b23-12-/t25-/m0/s1. The largest absolute Gasteiger partial charge is 0.506 e. The van der Waals surface area contributed by atoms with Crippen molar-refractivity contribution >= 4 is 74.2 Å². The molecule has 1 aromatic heterocycles. The fourth-order valence-corrected chi connectivity index (χ4v) is 7.43. The molecule has 1 amide bonds. The summed E-state index contributed by atoms with van der Waals surface area (Å²) in [4.78, 5) is 32.9. The van der Waals surface area contributed by atoms with Gasteiger partial charge in [-0.2, -0.15) is 0 Å². The van der Waals surface area contributed by atoms with Crippen molar-refractivity contribution in [2.24, 2.45) is 4.99 Å². The highest BCUT2D eigenvalue weighted by Crippen LogP contribution is 2.37. The molecular weight excluding hydrogens is 756 g/mol. The molecule has 2 heterocycles. The van der Waals surface area contributed by atoms with Crippen LogP contribution in [0.15, 0.2) is 81.7 Å². The van der Waals surface area contributed by atoms with Crippen LogP contribution in [-0.4, -0.2) is 29.8 Å². The molecule has 4 aromatic rings. The molecule has 0 spiro atoms. The fourth-order valence-electron chi connectivity index (χ4n) is 4.51. The average molecular weight is 779 g/mol. The van der Waals surface area contributed by atoms with Crippen molar-refractivity contribution in [1.29, 1.82) is 0 Å². The summed E-state index contributed by atoms with van der Waals surface area (Å²) in [7, 11) is 3.09. The number of hydrogen-bond donors (Lipinski definition) is 2. The first-order valence-corrected chi connectivity index (χ1v) is 15.0. The molecular formula is C29H23I2N3O5S. The van der Waals surface area contributed by atoms with Crippen LogP contribution in [0.25, 0.3) is 6.08 Å². The maximum atomic E-state index is 14.0. The number of para-hydroxylation sites is 1. The minimum absolute atomic E-state index is 0.0966. The summed E-state index contributed by atoms with van der Waals surface area (Å²) in [5.41, 5.74) is 2.22. The van der Waals surface area contributed by atoms with Crippen LogP contribution in [0.2, 0.25) is 0 Å². The Balaban J connectivity index is 1.74. The van der Waals surface area contributed by atoms with Crippen molar-refractivity contribution in [3.8, 4) is 17.2 Å². The molecule has 0 unspecified atom stereocenters. The van der Waals surface area contributed by atoms with E-state index in [1.54, 1.807) is 50.4 Å². The number of amides is 1. The molecule has 11 heteroatoms. The van der Waals surface area contributed by atoms with E-state index in [0.717, 1.165) is 3.57 Å². The number of allylic oxidation sites excluding steroid dienone is 1. The molecule has 5 rings (SSSR count). The number of nitrogens with zero attached hydrogens (tertiary/aromatic N) is 2. The quantitative estimate of drug-likeness (QED) is 0.274. The van der Waals surface area contributed by atoms with Gasteiger partial charge in [0.1, 0.15) is 23.3 Å². The third-order valence-corrected chi connectivity index (χ3v) is 8.81. The number of phenolic OH excluding ortho intramolecular Hbond substituents is 1. The zero-order valence-electron chi connectivity index (χ0n) is 21.6.